The summed E-state index contributed by atoms with van der Waals surface area (Å²) in [5, 5.41) is 0. The number of carbonyl (C=O) groups is 1. The summed E-state index contributed by atoms with van der Waals surface area (Å²) in [6, 6.07) is 9.03. The maximum Gasteiger partial charge on any atom is 0.360 e. The topological polar surface area (TPSA) is 63.6 Å². The van der Waals surface area contributed by atoms with E-state index in [0.717, 1.165) is 5.56 Å². The van der Waals surface area contributed by atoms with Crippen molar-refractivity contribution in [2.45, 2.75) is 19.3 Å². The zero-order valence-electron chi connectivity index (χ0n) is 8.25. The van der Waals surface area contributed by atoms with Crippen LogP contribution in [0.2, 0.25) is 0 Å². The van der Waals surface area contributed by atoms with Crippen molar-refractivity contribution in [3.63, 3.8) is 0 Å². The molecule has 5 heteroatoms. The number of benzene rings is 1. The van der Waals surface area contributed by atoms with Crippen molar-refractivity contribution in [3.8, 4) is 0 Å². The van der Waals surface area contributed by atoms with E-state index in [1.54, 1.807) is 24.3 Å². The zero-order valence-corrected chi connectivity index (χ0v) is 9.07. The SMILES string of the molecule is CCC(C(=O)OS(=O)O)c1ccccc1. The van der Waals surface area contributed by atoms with Crippen molar-refractivity contribution in [1.29, 1.82) is 0 Å². The van der Waals surface area contributed by atoms with Crippen LogP contribution in [0.5, 0.6) is 0 Å². The molecule has 82 valence electrons. The van der Waals surface area contributed by atoms with E-state index in [2.05, 4.69) is 4.18 Å². The predicted octanol–water partition coefficient (Wildman–Crippen LogP) is 1.86. The average molecular weight is 228 g/mol. The van der Waals surface area contributed by atoms with Crippen molar-refractivity contribution in [2.24, 2.45) is 0 Å². The average Bonchev–Trinajstić information content (AvgIpc) is 2.19. The molecular weight excluding hydrogens is 216 g/mol. The molecular formula is C10H12O4S. The van der Waals surface area contributed by atoms with Crippen molar-refractivity contribution in [1.82, 2.24) is 0 Å². The molecule has 0 radical (unpaired) electrons. The minimum Gasteiger partial charge on any atom is -0.343 e. The highest BCUT2D eigenvalue weighted by molar-refractivity contribution is 7.74. The van der Waals surface area contributed by atoms with Gasteiger partial charge in [0.2, 0.25) is 0 Å². The first-order valence-corrected chi connectivity index (χ1v) is 5.56. The van der Waals surface area contributed by atoms with Gasteiger partial charge in [0.05, 0.1) is 5.92 Å². The first-order valence-electron chi connectivity index (χ1n) is 4.53. The minimum atomic E-state index is -2.54. The third kappa shape index (κ3) is 3.45. The van der Waals surface area contributed by atoms with Crippen LogP contribution in [-0.4, -0.2) is 14.7 Å². The molecule has 0 amide bonds. The number of carbonyl (C=O) groups excluding carboxylic acids is 1. The van der Waals surface area contributed by atoms with Crippen LogP contribution in [0.15, 0.2) is 30.3 Å². The Kier molecular flexibility index (Phi) is 4.45. The molecule has 2 atom stereocenters. The fourth-order valence-electron chi connectivity index (χ4n) is 1.35. The van der Waals surface area contributed by atoms with E-state index in [-0.39, 0.29) is 0 Å². The summed E-state index contributed by atoms with van der Waals surface area (Å²) in [6.07, 6.45) is 0.528. The third-order valence-electron chi connectivity index (χ3n) is 2.05. The Labute approximate surface area is 90.8 Å². The second kappa shape index (κ2) is 5.63. The lowest BCUT2D eigenvalue weighted by Crippen LogP contribution is -2.16. The monoisotopic (exact) mass is 228 g/mol. The van der Waals surface area contributed by atoms with Gasteiger partial charge >= 0.3 is 17.3 Å². The number of hydrogen-bond donors (Lipinski definition) is 1. The first-order chi connectivity index (χ1) is 7.15. The molecule has 0 bridgehead atoms. The van der Waals surface area contributed by atoms with E-state index in [1.165, 1.54) is 0 Å². The lowest BCUT2D eigenvalue weighted by Gasteiger charge is -2.11. The predicted molar refractivity (Wildman–Crippen MR) is 56.3 cm³/mol. The fourth-order valence-corrected chi connectivity index (χ4v) is 1.61. The van der Waals surface area contributed by atoms with Gasteiger partial charge in [-0.05, 0) is 12.0 Å². The fraction of sp³-hybridized carbons (Fsp3) is 0.300. The Morgan fingerprint density at radius 2 is 2.07 bits per heavy atom. The van der Waals surface area contributed by atoms with E-state index >= 15 is 0 Å². The van der Waals surface area contributed by atoms with E-state index in [4.69, 9.17) is 4.55 Å². The van der Waals surface area contributed by atoms with Crippen LogP contribution in [0.3, 0.4) is 0 Å². The summed E-state index contributed by atoms with van der Waals surface area (Å²) in [7, 11) is 0. The van der Waals surface area contributed by atoms with Crippen molar-refractivity contribution in [3.05, 3.63) is 35.9 Å². The standard InChI is InChI=1S/C10H12O4S/c1-2-9(10(11)14-15(12)13)8-6-4-3-5-7-8/h3-7,9H,2H2,1H3,(H,12,13). The molecule has 0 fully saturated rings. The van der Waals surface area contributed by atoms with Crippen molar-refractivity contribution >= 4 is 17.3 Å². The van der Waals surface area contributed by atoms with Crippen molar-refractivity contribution in [2.75, 3.05) is 0 Å². The van der Waals surface area contributed by atoms with Gasteiger partial charge in [0.15, 0.2) is 0 Å². The Hall–Kier alpha value is -1.20. The second-order valence-corrected chi connectivity index (χ2v) is 3.59. The summed E-state index contributed by atoms with van der Waals surface area (Å²) < 4.78 is 23.0. The summed E-state index contributed by atoms with van der Waals surface area (Å²) >= 11 is -2.54. The van der Waals surface area contributed by atoms with Gasteiger partial charge in [-0.25, -0.2) is 0 Å². The molecule has 1 N–H and O–H groups in total. The van der Waals surface area contributed by atoms with Gasteiger partial charge in [0, 0.05) is 0 Å². The van der Waals surface area contributed by atoms with Crippen LogP contribution in [0.1, 0.15) is 24.8 Å². The van der Waals surface area contributed by atoms with Gasteiger partial charge in [-0.1, -0.05) is 37.3 Å². The summed E-state index contributed by atoms with van der Waals surface area (Å²) in [5.41, 5.74) is 0.787. The lowest BCUT2D eigenvalue weighted by molar-refractivity contribution is -0.135. The van der Waals surface area contributed by atoms with Crippen LogP contribution in [0.25, 0.3) is 0 Å². The Bertz CT molecular complexity index is 350. The van der Waals surface area contributed by atoms with Crippen LogP contribution < -0.4 is 0 Å². The number of hydrogen-bond acceptors (Lipinski definition) is 3. The highest BCUT2D eigenvalue weighted by Gasteiger charge is 2.21. The highest BCUT2D eigenvalue weighted by Crippen LogP contribution is 2.20. The molecule has 1 aromatic carbocycles. The van der Waals surface area contributed by atoms with Crippen molar-refractivity contribution < 1.29 is 17.7 Å². The quantitative estimate of drug-likeness (QED) is 0.799. The summed E-state index contributed by atoms with van der Waals surface area (Å²) in [6.45, 7) is 1.82. The van der Waals surface area contributed by atoms with E-state index in [1.807, 2.05) is 13.0 Å². The maximum absolute atomic E-state index is 11.4. The van der Waals surface area contributed by atoms with E-state index < -0.39 is 23.2 Å². The van der Waals surface area contributed by atoms with Gasteiger partial charge in [0.25, 0.3) is 0 Å². The Balaban J connectivity index is 2.80. The molecule has 0 aliphatic heterocycles. The second-order valence-electron chi connectivity index (χ2n) is 2.99. The lowest BCUT2D eigenvalue weighted by atomic mass is 9.97. The van der Waals surface area contributed by atoms with E-state index in [9.17, 15) is 9.00 Å². The molecule has 0 heterocycles. The molecule has 0 saturated heterocycles. The minimum absolute atomic E-state index is 0.484. The highest BCUT2D eigenvalue weighted by atomic mass is 32.2. The largest absolute Gasteiger partial charge is 0.360 e. The molecule has 2 unspecified atom stereocenters. The first kappa shape index (κ1) is 11.9. The zero-order chi connectivity index (χ0) is 11.3. The molecule has 0 aliphatic carbocycles. The third-order valence-corrected chi connectivity index (χ3v) is 2.35. The molecule has 0 aliphatic rings. The van der Waals surface area contributed by atoms with Gasteiger partial charge in [-0.15, -0.1) is 0 Å². The van der Waals surface area contributed by atoms with Gasteiger partial charge in [-0.2, -0.15) is 4.21 Å². The van der Waals surface area contributed by atoms with Gasteiger partial charge in [0.1, 0.15) is 0 Å². The molecule has 0 saturated carbocycles. The van der Waals surface area contributed by atoms with Crippen LogP contribution in [0.4, 0.5) is 0 Å². The number of rotatable bonds is 4. The molecule has 1 rings (SSSR count). The molecule has 0 aromatic heterocycles. The van der Waals surface area contributed by atoms with Crippen LogP contribution >= 0.6 is 0 Å². The molecule has 4 nitrogen and oxygen atoms in total. The molecule has 0 spiro atoms. The Morgan fingerprint density at radius 1 is 1.47 bits per heavy atom. The van der Waals surface area contributed by atoms with Gasteiger partial charge in [-0.3, -0.25) is 9.35 Å². The molecule has 15 heavy (non-hydrogen) atoms. The Morgan fingerprint density at radius 3 is 2.53 bits per heavy atom. The summed E-state index contributed by atoms with van der Waals surface area (Å²) in [5.74, 6) is -1.16. The molecule has 1 aromatic rings. The summed E-state index contributed by atoms with van der Waals surface area (Å²) in [4.78, 5) is 11.4. The van der Waals surface area contributed by atoms with Crippen LogP contribution in [-0.2, 0) is 20.3 Å². The smallest absolute Gasteiger partial charge is 0.343 e. The van der Waals surface area contributed by atoms with Gasteiger partial charge < -0.3 is 4.18 Å². The van der Waals surface area contributed by atoms with E-state index in [0.29, 0.717) is 6.42 Å². The normalized spacial score (nSPS) is 14.3. The van der Waals surface area contributed by atoms with Crippen LogP contribution in [0, 0.1) is 0 Å². The maximum atomic E-state index is 11.4.